The van der Waals surface area contributed by atoms with Gasteiger partial charge in [-0.3, -0.25) is 4.79 Å². The van der Waals surface area contributed by atoms with E-state index in [0.717, 1.165) is 11.1 Å². The maximum Gasteiger partial charge on any atom is 0.251 e. The lowest BCUT2D eigenvalue weighted by Gasteiger charge is -2.43. The van der Waals surface area contributed by atoms with Crippen LogP contribution in [0.15, 0.2) is 35.1 Å². The van der Waals surface area contributed by atoms with Crippen LogP contribution in [0, 0.1) is 0 Å². The SMILES string of the molecule is O=c1ccc2ccc3cc2n1C1[C@H](O)C(CO)OC(O)[C@H]1N3. The van der Waals surface area contributed by atoms with E-state index in [1.165, 1.54) is 10.6 Å². The quantitative estimate of drug-likeness (QED) is 0.561. The highest BCUT2D eigenvalue weighted by atomic mass is 16.6. The highest BCUT2D eigenvalue weighted by Crippen LogP contribution is 2.35. The number of hydrogen-bond donors (Lipinski definition) is 4. The van der Waals surface area contributed by atoms with Crippen molar-refractivity contribution in [2.45, 2.75) is 30.6 Å². The fourth-order valence-electron chi connectivity index (χ4n) is 3.41. The van der Waals surface area contributed by atoms with Crippen molar-refractivity contribution in [1.29, 1.82) is 0 Å². The molecule has 0 aliphatic carbocycles. The molecule has 0 spiro atoms. The predicted octanol–water partition coefficient (Wildman–Crippen LogP) is -0.593. The van der Waals surface area contributed by atoms with Gasteiger partial charge in [0.25, 0.3) is 5.56 Å². The van der Waals surface area contributed by atoms with E-state index in [2.05, 4.69) is 5.32 Å². The second kappa shape index (κ2) is 4.79. The Balaban J connectivity index is 1.99. The molecular formula is C15H16N2O5. The molecular weight excluding hydrogens is 288 g/mol. The van der Waals surface area contributed by atoms with Gasteiger partial charge in [0.1, 0.15) is 18.2 Å². The second-order valence-corrected chi connectivity index (χ2v) is 5.71. The van der Waals surface area contributed by atoms with Gasteiger partial charge in [-0.1, -0.05) is 6.07 Å². The molecule has 3 unspecified atom stereocenters. The number of pyridine rings is 1. The molecule has 4 rings (SSSR count). The minimum atomic E-state index is -1.25. The number of aromatic nitrogens is 1. The number of ether oxygens (including phenoxy) is 1. The number of benzene rings is 1. The maximum atomic E-state index is 12.4. The van der Waals surface area contributed by atoms with Crippen LogP contribution in [0.4, 0.5) is 5.69 Å². The monoisotopic (exact) mass is 304 g/mol. The van der Waals surface area contributed by atoms with Crippen LogP contribution in [0.1, 0.15) is 6.04 Å². The predicted molar refractivity (Wildman–Crippen MR) is 78.6 cm³/mol. The molecule has 3 heterocycles. The van der Waals surface area contributed by atoms with Crippen molar-refractivity contribution in [3.8, 4) is 0 Å². The topological polar surface area (TPSA) is 104 Å². The van der Waals surface area contributed by atoms with E-state index in [-0.39, 0.29) is 5.56 Å². The first-order valence-corrected chi connectivity index (χ1v) is 7.14. The molecule has 4 N–H and O–H groups in total. The average Bonchev–Trinajstić information content (AvgIpc) is 2.67. The molecule has 7 heteroatoms. The summed E-state index contributed by atoms with van der Waals surface area (Å²) in [5, 5.41) is 34.1. The molecule has 7 nitrogen and oxygen atoms in total. The Labute approximate surface area is 125 Å². The Kier molecular flexibility index (Phi) is 2.98. The van der Waals surface area contributed by atoms with E-state index in [9.17, 15) is 20.1 Å². The lowest BCUT2D eigenvalue weighted by Crippen LogP contribution is -2.59. The number of aliphatic hydroxyl groups is 3. The minimum absolute atomic E-state index is 0.270. The minimum Gasteiger partial charge on any atom is -0.394 e. The number of aliphatic hydroxyl groups excluding tert-OH is 3. The van der Waals surface area contributed by atoms with E-state index >= 15 is 0 Å². The number of fused-ring (bicyclic) bond motifs is 3. The highest BCUT2D eigenvalue weighted by molar-refractivity contribution is 5.83. The van der Waals surface area contributed by atoms with Crippen LogP contribution < -0.4 is 10.9 Å². The van der Waals surface area contributed by atoms with Crippen LogP contribution in [0.2, 0.25) is 0 Å². The van der Waals surface area contributed by atoms with Crippen molar-refractivity contribution >= 4 is 16.6 Å². The molecule has 0 saturated carbocycles. The number of nitrogens with zero attached hydrogens (tertiary/aromatic N) is 1. The Hall–Kier alpha value is -1.93. The molecule has 1 saturated heterocycles. The number of nitrogens with one attached hydrogen (secondary N) is 1. The zero-order valence-corrected chi connectivity index (χ0v) is 11.6. The van der Waals surface area contributed by atoms with Crippen molar-refractivity contribution in [3.63, 3.8) is 0 Å². The first-order valence-electron chi connectivity index (χ1n) is 7.14. The van der Waals surface area contributed by atoms with Gasteiger partial charge in [-0.05, 0) is 23.6 Å². The molecule has 1 aromatic carbocycles. The summed E-state index contributed by atoms with van der Waals surface area (Å²) in [6.45, 7) is -0.441. The van der Waals surface area contributed by atoms with Crippen molar-refractivity contribution < 1.29 is 20.1 Å². The van der Waals surface area contributed by atoms with Gasteiger partial charge in [-0.2, -0.15) is 0 Å². The van der Waals surface area contributed by atoms with E-state index < -0.39 is 37.2 Å². The van der Waals surface area contributed by atoms with Crippen molar-refractivity contribution in [2.24, 2.45) is 0 Å². The number of anilines is 1. The van der Waals surface area contributed by atoms with Gasteiger partial charge in [0, 0.05) is 11.8 Å². The van der Waals surface area contributed by atoms with Gasteiger partial charge in [-0.15, -0.1) is 0 Å². The third kappa shape index (κ3) is 1.80. The number of hydrogen-bond acceptors (Lipinski definition) is 6. The fraction of sp³-hybridized carbons (Fsp3) is 0.400. The standard InChI is InChI=1S/C15H16N2O5/c18-6-10-14(20)13-12(15(21)22-10)16-8-3-1-7-2-4-11(19)17(13)9(7)5-8/h1-5,10,12-16,18,20-21H,6H2/t10?,12-,13?,14+,15?/m0/s1. The third-order valence-corrected chi connectivity index (χ3v) is 4.46. The Morgan fingerprint density at radius 3 is 2.77 bits per heavy atom. The lowest BCUT2D eigenvalue weighted by molar-refractivity contribution is -0.228. The zero-order chi connectivity index (χ0) is 15.4. The van der Waals surface area contributed by atoms with Crippen LogP contribution in [0.5, 0.6) is 0 Å². The molecule has 2 aliphatic heterocycles. The van der Waals surface area contributed by atoms with Gasteiger partial charge >= 0.3 is 0 Å². The van der Waals surface area contributed by atoms with E-state index in [1.807, 2.05) is 18.2 Å². The number of rotatable bonds is 1. The molecule has 1 aromatic heterocycles. The fourth-order valence-corrected chi connectivity index (χ4v) is 3.41. The van der Waals surface area contributed by atoms with Crippen molar-refractivity contribution in [2.75, 3.05) is 11.9 Å². The largest absolute Gasteiger partial charge is 0.394 e. The maximum absolute atomic E-state index is 12.4. The van der Waals surface area contributed by atoms with Gasteiger partial charge in [-0.25, -0.2) is 0 Å². The summed E-state index contributed by atoms with van der Waals surface area (Å²) < 4.78 is 6.74. The molecule has 116 valence electrons. The molecule has 2 bridgehead atoms. The van der Waals surface area contributed by atoms with E-state index in [4.69, 9.17) is 4.74 Å². The zero-order valence-electron chi connectivity index (χ0n) is 11.6. The first kappa shape index (κ1) is 13.7. The first-order chi connectivity index (χ1) is 10.6. The van der Waals surface area contributed by atoms with Crippen LogP contribution in [-0.4, -0.2) is 51.0 Å². The summed E-state index contributed by atoms with van der Waals surface area (Å²) in [5.74, 6) is 0. The normalized spacial score (nSPS) is 33.3. The summed E-state index contributed by atoms with van der Waals surface area (Å²) in [6.07, 6.45) is -3.32. The lowest BCUT2D eigenvalue weighted by atomic mass is 9.93. The third-order valence-electron chi connectivity index (χ3n) is 4.46. The van der Waals surface area contributed by atoms with Gasteiger partial charge < -0.3 is 29.9 Å². The highest BCUT2D eigenvalue weighted by Gasteiger charge is 2.47. The molecule has 2 aromatic rings. The van der Waals surface area contributed by atoms with Crippen molar-refractivity contribution in [1.82, 2.24) is 4.57 Å². The Bertz CT molecular complexity index is 789. The second-order valence-electron chi connectivity index (χ2n) is 5.71. The van der Waals surface area contributed by atoms with Crippen LogP contribution in [0.3, 0.4) is 0 Å². The van der Waals surface area contributed by atoms with Crippen molar-refractivity contribution in [3.05, 3.63) is 40.7 Å². The van der Waals surface area contributed by atoms with Crippen LogP contribution in [-0.2, 0) is 4.74 Å². The smallest absolute Gasteiger partial charge is 0.251 e. The molecule has 0 radical (unpaired) electrons. The van der Waals surface area contributed by atoms with E-state index in [1.54, 1.807) is 6.07 Å². The molecule has 5 atom stereocenters. The van der Waals surface area contributed by atoms with Gasteiger partial charge in [0.2, 0.25) is 0 Å². The summed E-state index contributed by atoms with van der Waals surface area (Å²) in [5.41, 5.74) is 1.14. The van der Waals surface area contributed by atoms with E-state index in [0.29, 0.717) is 5.52 Å². The van der Waals surface area contributed by atoms with Gasteiger partial charge in [0.05, 0.1) is 18.2 Å². The average molecular weight is 304 g/mol. The molecule has 1 fully saturated rings. The molecule has 2 aliphatic rings. The summed E-state index contributed by atoms with van der Waals surface area (Å²) >= 11 is 0. The van der Waals surface area contributed by atoms with Crippen LogP contribution >= 0.6 is 0 Å². The Morgan fingerprint density at radius 1 is 1.23 bits per heavy atom. The summed E-state index contributed by atoms with van der Waals surface area (Å²) in [4.78, 5) is 12.4. The molecule has 0 amide bonds. The Morgan fingerprint density at radius 2 is 2.00 bits per heavy atom. The summed E-state index contributed by atoms with van der Waals surface area (Å²) in [6, 6.07) is 7.25. The summed E-state index contributed by atoms with van der Waals surface area (Å²) in [7, 11) is 0. The van der Waals surface area contributed by atoms with Gasteiger partial charge in [0.15, 0.2) is 6.29 Å². The molecule has 22 heavy (non-hydrogen) atoms. The van der Waals surface area contributed by atoms with Crippen LogP contribution in [0.25, 0.3) is 10.9 Å².